The standard InChI is InChI=1S/C12H12FNO3/c13-10-7-5-9(6-8-10)3-1-2-4-11(14-17)12(15)16/h1-2,4-8,14,17H,3H2,(H,15,16)/p+1/b2-1-,11-4-. The van der Waals surface area contributed by atoms with Gasteiger partial charge < -0.3 is 5.11 Å². The summed E-state index contributed by atoms with van der Waals surface area (Å²) in [6, 6.07) is 6.03. The summed E-state index contributed by atoms with van der Waals surface area (Å²) in [7, 11) is 0. The normalized spacial score (nSPS) is 12.0. The van der Waals surface area contributed by atoms with E-state index < -0.39 is 5.97 Å². The summed E-state index contributed by atoms with van der Waals surface area (Å²) in [6.45, 7) is 0. The zero-order valence-electron chi connectivity index (χ0n) is 9.01. The number of nitrogens with two attached hydrogens (primary N) is 1. The number of rotatable bonds is 5. The molecule has 0 unspecified atom stereocenters. The lowest BCUT2D eigenvalue weighted by Gasteiger charge is -1.94. The highest BCUT2D eigenvalue weighted by Gasteiger charge is 2.08. The molecule has 0 spiro atoms. The molecule has 4 nitrogen and oxygen atoms in total. The molecule has 1 aromatic carbocycles. The molecule has 0 amide bonds. The molecule has 1 rings (SSSR count). The van der Waals surface area contributed by atoms with Gasteiger partial charge in [0.15, 0.2) is 0 Å². The molecule has 1 aromatic rings. The van der Waals surface area contributed by atoms with Crippen LogP contribution >= 0.6 is 0 Å². The molecule has 0 saturated heterocycles. The largest absolute Gasteiger partial charge is 0.474 e. The van der Waals surface area contributed by atoms with Crippen LogP contribution < -0.4 is 5.48 Å². The van der Waals surface area contributed by atoms with E-state index in [0.717, 1.165) is 5.56 Å². The number of benzene rings is 1. The summed E-state index contributed by atoms with van der Waals surface area (Å²) in [6.07, 6.45) is 5.10. The number of carboxylic acids is 1. The average molecular weight is 238 g/mol. The van der Waals surface area contributed by atoms with E-state index >= 15 is 0 Å². The molecule has 0 saturated carbocycles. The third-order valence-electron chi connectivity index (χ3n) is 2.06. The van der Waals surface area contributed by atoms with Gasteiger partial charge in [0.05, 0.1) is 0 Å². The lowest BCUT2D eigenvalue weighted by Crippen LogP contribution is -2.80. The van der Waals surface area contributed by atoms with E-state index in [1.165, 1.54) is 24.3 Å². The van der Waals surface area contributed by atoms with E-state index in [1.54, 1.807) is 18.2 Å². The Hall–Kier alpha value is -1.98. The number of aliphatic carboxylic acids is 1. The molecule has 0 aliphatic heterocycles. The van der Waals surface area contributed by atoms with Gasteiger partial charge in [-0.1, -0.05) is 24.3 Å². The molecule has 5 heteroatoms. The second kappa shape index (κ2) is 6.57. The molecule has 0 fully saturated rings. The van der Waals surface area contributed by atoms with Gasteiger partial charge in [0.25, 0.3) is 0 Å². The topological polar surface area (TPSA) is 74.1 Å². The van der Waals surface area contributed by atoms with Crippen molar-refractivity contribution in [3.05, 3.63) is 59.6 Å². The number of hydrogen-bond acceptors (Lipinski definition) is 2. The van der Waals surface area contributed by atoms with Crippen LogP contribution in [0.25, 0.3) is 0 Å². The quantitative estimate of drug-likeness (QED) is 0.404. The van der Waals surface area contributed by atoms with E-state index in [1.807, 2.05) is 0 Å². The number of halogens is 1. The summed E-state index contributed by atoms with van der Waals surface area (Å²) >= 11 is 0. The Bertz CT molecular complexity index is 438. The molecule has 0 bridgehead atoms. The van der Waals surface area contributed by atoms with Crippen molar-refractivity contribution >= 4 is 5.97 Å². The van der Waals surface area contributed by atoms with Crippen molar-refractivity contribution in [2.24, 2.45) is 0 Å². The molecular formula is C12H13FNO3+. The highest BCUT2D eigenvalue weighted by Crippen LogP contribution is 2.03. The third kappa shape index (κ3) is 4.58. The Morgan fingerprint density at radius 3 is 2.53 bits per heavy atom. The monoisotopic (exact) mass is 238 g/mol. The minimum absolute atomic E-state index is 0.194. The van der Waals surface area contributed by atoms with Gasteiger partial charge in [0.2, 0.25) is 5.70 Å². The molecule has 0 radical (unpaired) electrons. The lowest BCUT2D eigenvalue weighted by molar-refractivity contribution is -0.847. The lowest BCUT2D eigenvalue weighted by atomic mass is 10.1. The zero-order chi connectivity index (χ0) is 12.7. The van der Waals surface area contributed by atoms with Gasteiger partial charge in [-0.25, -0.2) is 14.4 Å². The van der Waals surface area contributed by atoms with Gasteiger partial charge in [-0.3, -0.25) is 0 Å². The third-order valence-corrected chi connectivity index (χ3v) is 2.06. The van der Waals surface area contributed by atoms with Crippen LogP contribution in [0.15, 0.2) is 48.2 Å². The summed E-state index contributed by atoms with van der Waals surface area (Å²) in [5.41, 5.74) is 1.26. The fourth-order valence-corrected chi connectivity index (χ4v) is 1.17. The van der Waals surface area contributed by atoms with Gasteiger partial charge in [-0.05, 0) is 24.1 Å². The first-order chi connectivity index (χ1) is 8.13. The first-order valence-corrected chi connectivity index (χ1v) is 4.95. The molecule has 4 N–H and O–H groups in total. The Labute approximate surface area is 97.7 Å². The molecule has 0 aliphatic carbocycles. The van der Waals surface area contributed by atoms with Crippen LogP contribution in [-0.2, 0) is 11.2 Å². The maximum Gasteiger partial charge on any atom is 0.393 e. The molecular weight excluding hydrogens is 225 g/mol. The van der Waals surface area contributed by atoms with E-state index in [9.17, 15) is 9.18 Å². The number of carbonyl (C=O) groups is 1. The van der Waals surface area contributed by atoms with E-state index in [4.69, 9.17) is 10.3 Å². The fraction of sp³-hybridized carbons (Fsp3) is 0.0833. The second-order valence-electron chi connectivity index (χ2n) is 3.32. The van der Waals surface area contributed by atoms with Crippen molar-refractivity contribution < 1.29 is 25.0 Å². The molecule has 0 aliphatic rings. The second-order valence-corrected chi connectivity index (χ2v) is 3.32. The van der Waals surface area contributed by atoms with Crippen molar-refractivity contribution in [3.63, 3.8) is 0 Å². The number of hydroxylamine groups is 1. The number of hydrogen-bond donors (Lipinski definition) is 3. The van der Waals surface area contributed by atoms with Crippen LogP contribution in [0.3, 0.4) is 0 Å². The summed E-state index contributed by atoms with van der Waals surface area (Å²) in [5.74, 6) is -1.49. The molecule has 17 heavy (non-hydrogen) atoms. The number of carboxylic acid groups (broad SMARTS) is 1. The number of quaternary nitrogens is 1. The zero-order valence-corrected chi connectivity index (χ0v) is 9.01. The SMILES string of the molecule is O=C(O)/C(=C/C=C\Cc1ccc(F)cc1)[NH2+]O. The van der Waals surface area contributed by atoms with E-state index in [0.29, 0.717) is 11.9 Å². The summed E-state index contributed by atoms with van der Waals surface area (Å²) in [5, 5.41) is 17.2. The first-order valence-electron chi connectivity index (χ1n) is 4.95. The predicted molar refractivity (Wildman–Crippen MR) is 58.7 cm³/mol. The average Bonchev–Trinajstić information content (AvgIpc) is 2.31. The van der Waals surface area contributed by atoms with Crippen molar-refractivity contribution in [1.29, 1.82) is 0 Å². The Morgan fingerprint density at radius 1 is 1.35 bits per heavy atom. The van der Waals surface area contributed by atoms with Gasteiger partial charge in [0.1, 0.15) is 5.82 Å². The Morgan fingerprint density at radius 2 is 2.00 bits per heavy atom. The van der Waals surface area contributed by atoms with Gasteiger partial charge in [-0.2, -0.15) is 5.48 Å². The maximum absolute atomic E-state index is 12.6. The van der Waals surface area contributed by atoms with Crippen molar-refractivity contribution in [2.45, 2.75) is 6.42 Å². The Balaban J connectivity index is 2.56. The van der Waals surface area contributed by atoms with Gasteiger partial charge >= 0.3 is 5.97 Å². The summed E-state index contributed by atoms with van der Waals surface area (Å²) < 4.78 is 12.6. The van der Waals surface area contributed by atoms with Crippen LogP contribution in [0.1, 0.15) is 5.56 Å². The first kappa shape index (κ1) is 13.1. The smallest absolute Gasteiger partial charge is 0.393 e. The highest BCUT2D eigenvalue weighted by atomic mass is 19.1. The minimum atomic E-state index is -1.20. The van der Waals surface area contributed by atoms with Gasteiger partial charge in [-0.15, -0.1) is 0 Å². The summed E-state index contributed by atoms with van der Waals surface area (Å²) in [4.78, 5) is 10.5. The molecule has 0 atom stereocenters. The van der Waals surface area contributed by atoms with Crippen LogP contribution in [0.2, 0.25) is 0 Å². The van der Waals surface area contributed by atoms with Crippen molar-refractivity contribution in [2.75, 3.05) is 0 Å². The molecule has 90 valence electrons. The molecule has 0 heterocycles. The van der Waals surface area contributed by atoms with Crippen LogP contribution in [-0.4, -0.2) is 16.3 Å². The number of allylic oxidation sites excluding steroid dienone is 3. The highest BCUT2D eigenvalue weighted by molar-refractivity contribution is 5.83. The van der Waals surface area contributed by atoms with E-state index in [2.05, 4.69) is 0 Å². The Kier molecular flexibility index (Phi) is 5.06. The minimum Gasteiger partial charge on any atom is -0.474 e. The van der Waals surface area contributed by atoms with E-state index in [-0.39, 0.29) is 11.5 Å². The van der Waals surface area contributed by atoms with Crippen LogP contribution in [0.4, 0.5) is 4.39 Å². The maximum atomic E-state index is 12.6. The van der Waals surface area contributed by atoms with Gasteiger partial charge in [0, 0.05) is 6.08 Å². The van der Waals surface area contributed by atoms with Crippen molar-refractivity contribution in [3.8, 4) is 0 Å². The van der Waals surface area contributed by atoms with Crippen molar-refractivity contribution in [1.82, 2.24) is 0 Å². The predicted octanol–water partition coefficient (Wildman–Crippen LogP) is 0.846. The molecule has 0 aromatic heterocycles. The fourth-order valence-electron chi connectivity index (χ4n) is 1.17. The van der Waals surface area contributed by atoms with Crippen LogP contribution in [0, 0.1) is 5.82 Å². The van der Waals surface area contributed by atoms with Crippen LogP contribution in [0.5, 0.6) is 0 Å².